The van der Waals surface area contributed by atoms with Crippen LogP contribution in [0.3, 0.4) is 0 Å². The zero-order valence-corrected chi connectivity index (χ0v) is 11.9. The molecule has 0 saturated heterocycles. The second kappa shape index (κ2) is 6.07. The van der Waals surface area contributed by atoms with E-state index in [4.69, 9.17) is 5.11 Å². The largest absolute Gasteiger partial charge is 0.481 e. The molecule has 1 aromatic carbocycles. The quantitative estimate of drug-likeness (QED) is 0.837. The molecule has 108 valence electrons. The van der Waals surface area contributed by atoms with Gasteiger partial charge in [0.2, 0.25) is 5.91 Å². The fourth-order valence-corrected chi connectivity index (χ4v) is 2.50. The highest BCUT2D eigenvalue weighted by Gasteiger charge is 2.43. The summed E-state index contributed by atoms with van der Waals surface area (Å²) in [7, 11) is 0. The van der Waals surface area contributed by atoms with Crippen LogP contribution in [0, 0.1) is 17.8 Å². The fraction of sp³-hybridized carbons (Fsp3) is 0.500. The average Bonchev–Trinajstić information content (AvgIpc) is 3.19. The van der Waals surface area contributed by atoms with E-state index in [-0.39, 0.29) is 24.3 Å². The van der Waals surface area contributed by atoms with Crippen molar-refractivity contribution in [1.82, 2.24) is 5.32 Å². The lowest BCUT2D eigenvalue weighted by Gasteiger charge is -2.16. The van der Waals surface area contributed by atoms with Crippen LogP contribution in [0.2, 0.25) is 0 Å². The SMILES string of the molecule is CC(C)C(CNC(=O)C1CC1c1ccccc1)C(=O)O. The van der Waals surface area contributed by atoms with E-state index >= 15 is 0 Å². The highest BCUT2D eigenvalue weighted by molar-refractivity contribution is 5.83. The van der Waals surface area contributed by atoms with Crippen molar-refractivity contribution in [3.8, 4) is 0 Å². The normalized spacial score (nSPS) is 22.4. The molecule has 3 atom stereocenters. The highest BCUT2D eigenvalue weighted by Crippen LogP contribution is 2.47. The van der Waals surface area contributed by atoms with E-state index in [2.05, 4.69) is 5.32 Å². The van der Waals surface area contributed by atoms with Crippen LogP contribution in [-0.2, 0) is 9.59 Å². The molecule has 4 heteroatoms. The number of carboxylic acids is 1. The van der Waals surface area contributed by atoms with Crippen molar-refractivity contribution in [1.29, 1.82) is 0 Å². The van der Waals surface area contributed by atoms with E-state index in [9.17, 15) is 9.59 Å². The minimum Gasteiger partial charge on any atom is -0.481 e. The number of carboxylic acid groups (broad SMARTS) is 1. The molecule has 4 nitrogen and oxygen atoms in total. The van der Waals surface area contributed by atoms with Gasteiger partial charge < -0.3 is 10.4 Å². The predicted octanol–water partition coefficient (Wildman–Crippen LogP) is 2.26. The minimum atomic E-state index is -0.851. The first-order valence-corrected chi connectivity index (χ1v) is 7.06. The molecule has 1 aliphatic carbocycles. The lowest BCUT2D eigenvalue weighted by Crippen LogP contribution is -2.36. The molecule has 0 aliphatic heterocycles. The van der Waals surface area contributed by atoms with Gasteiger partial charge in [0.15, 0.2) is 0 Å². The number of rotatable bonds is 6. The van der Waals surface area contributed by atoms with Crippen LogP contribution < -0.4 is 5.32 Å². The Morgan fingerprint density at radius 2 is 1.95 bits per heavy atom. The molecule has 0 radical (unpaired) electrons. The van der Waals surface area contributed by atoms with Crippen LogP contribution in [0.4, 0.5) is 0 Å². The van der Waals surface area contributed by atoms with Crippen molar-refractivity contribution in [2.24, 2.45) is 17.8 Å². The van der Waals surface area contributed by atoms with Crippen molar-refractivity contribution >= 4 is 11.9 Å². The molecule has 1 amide bonds. The molecular formula is C16H21NO3. The summed E-state index contributed by atoms with van der Waals surface area (Å²) in [6.45, 7) is 3.92. The molecule has 2 N–H and O–H groups in total. The zero-order valence-electron chi connectivity index (χ0n) is 11.9. The second-order valence-electron chi connectivity index (χ2n) is 5.79. The molecule has 3 unspecified atom stereocenters. The molecule has 1 fully saturated rings. The van der Waals surface area contributed by atoms with Crippen LogP contribution in [0.1, 0.15) is 31.7 Å². The summed E-state index contributed by atoms with van der Waals surface area (Å²) >= 11 is 0. The maximum atomic E-state index is 12.0. The standard InChI is InChI=1S/C16H21NO3/c1-10(2)14(16(19)20)9-17-15(18)13-8-12(13)11-6-4-3-5-7-11/h3-7,10,12-14H,8-9H2,1-2H3,(H,17,18)(H,19,20). The predicted molar refractivity (Wildman–Crippen MR) is 76.3 cm³/mol. The first-order valence-electron chi connectivity index (χ1n) is 7.06. The fourth-order valence-electron chi connectivity index (χ4n) is 2.50. The van der Waals surface area contributed by atoms with Crippen molar-refractivity contribution < 1.29 is 14.7 Å². The monoisotopic (exact) mass is 275 g/mol. The number of carbonyl (C=O) groups is 2. The first-order chi connectivity index (χ1) is 9.50. The Morgan fingerprint density at radius 1 is 1.30 bits per heavy atom. The van der Waals surface area contributed by atoms with Crippen LogP contribution >= 0.6 is 0 Å². The molecule has 0 aromatic heterocycles. The third kappa shape index (κ3) is 3.38. The summed E-state index contributed by atoms with van der Waals surface area (Å²) in [6, 6.07) is 9.98. The van der Waals surface area contributed by atoms with Gasteiger partial charge in [-0.1, -0.05) is 44.2 Å². The number of hydrogen-bond acceptors (Lipinski definition) is 2. The van der Waals surface area contributed by atoms with E-state index < -0.39 is 11.9 Å². The van der Waals surface area contributed by atoms with E-state index in [1.165, 1.54) is 5.56 Å². The van der Waals surface area contributed by atoms with Crippen LogP contribution in [0.5, 0.6) is 0 Å². The van der Waals surface area contributed by atoms with Gasteiger partial charge in [-0.3, -0.25) is 9.59 Å². The Hall–Kier alpha value is -1.84. The summed E-state index contributed by atoms with van der Waals surface area (Å²) in [6.07, 6.45) is 0.856. The van der Waals surface area contributed by atoms with Crippen molar-refractivity contribution in [2.75, 3.05) is 6.54 Å². The third-order valence-corrected chi connectivity index (χ3v) is 3.97. The average molecular weight is 275 g/mol. The van der Waals surface area contributed by atoms with Gasteiger partial charge in [0, 0.05) is 12.5 Å². The lowest BCUT2D eigenvalue weighted by atomic mass is 9.96. The van der Waals surface area contributed by atoms with Crippen molar-refractivity contribution in [3.63, 3.8) is 0 Å². The summed E-state index contributed by atoms with van der Waals surface area (Å²) in [5.41, 5.74) is 1.19. The Bertz CT molecular complexity index is 484. The van der Waals surface area contributed by atoms with Gasteiger partial charge in [0.05, 0.1) is 5.92 Å². The van der Waals surface area contributed by atoms with E-state index in [1.54, 1.807) is 0 Å². The number of amides is 1. The molecule has 1 saturated carbocycles. The van der Waals surface area contributed by atoms with Crippen LogP contribution in [0.15, 0.2) is 30.3 Å². The second-order valence-corrected chi connectivity index (χ2v) is 5.79. The Morgan fingerprint density at radius 3 is 2.50 bits per heavy atom. The van der Waals surface area contributed by atoms with Crippen molar-refractivity contribution in [2.45, 2.75) is 26.2 Å². The highest BCUT2D eigenvalue weighted by atomic mass is 16.4. The topological polar surface area (TPSA) is 66.4 Å². The van der Waals surface area contributed by atoms with Gasteiger partial charge in [-0.15, -0.1) is 0 Å². The summed E-state index contributed by atoms with van der Waals surface area (Å²) in [4.78, 5) is 23.1. The van der Waals surface area contributed by atoms with Gasteiger partial charge >= 0.3 is 5.97 Å². The molecular weight excluding hydrogens is 254 g/mol. The minimum absolute atomic E-state index is 0.000919. The van der Waals surface area contributed by atoms with Crippen LogP contribution in [0.25, 0.3) is 0 Å². The molecule has 0 spiro atoms. The van der Waals surface area contributed by atoms with E-state index in [0.29, 0.717) is 5.92 Å². The maximum absolute atomic E-state index is 12.0. The van der Waals surface area contributed by atoms with Crippen molar-refractivity contribution in [3.05, 3.63) is 35.9 Å². The maximum Gasteiger partial charge on any atom is 0.308 e. The number of carbonyl (C=O) groups excluding carboxylic acids is 1. The smallest absolute Gasteiger partial charge is 0.308 e. The van der Waals surface area contributed by atoms with Gasteiger partial charge in [-0.05, 0) is 23.8 Å². The number of aliphatic carboxylic acids is 1. The Labute approximate surface area is 119 Å². The molecule has 2 rings (SSSR count). The lowest BCUT2D eigenvalue weighted by molar-refractivity contribution is -0.143. The first kappa shape index (κ1) is 14.6. The third-order valence-electron chi connectivity index (χ3n) is 3.97. The summed E-state index contributed by atoms with van der Waals surface area (Å²) in [5, 5.41) is 11.9. The van der Waals surface area contributed by atoms with E-state index in [0.717, 1.165) is 6.42 Å². The zero-order chi connectivity index (χ0) is 14.7. The Balaban J connectivity index is 1.84. The van der Waals surface area contributed by atoms with Gasteiger partial charge in [-0.25, -0.2) is 0 Å². The number of nitrogens with one attached hydrogen (secondary N) is 1. The number of benzene rings is 1. The summed E-state index contributed by atoms with van der Waals surface area (Å²) < 4.78 is 0. The van der Waals surface area contributed by atoms with Gasteiger partial charge in [0.25, 0.3) is 0 Å². The Kier molecular flexibility index (Phi) is 4.42. The van der Waals surface area contributed by atoms with Gasteiger partial charge in [0.1, 0.15) is 0 Å². The summed E-state index contributed by atoms with van der Waals surface area (Å²) in [5.74, 6) is -1.09. The van der Waals surface area contributed by atoms with Gasteiger partial charge in [-0.2, -0.15) is 0 Å². The molecule has 0 heterocycles. The number of hydrogen-bond donors (Lipinski definition) is 2. The molecule has 1 aromatic rings. The van der Waals surface area contributed by atoms with E-state index in [1.807, 2.05) is 44.2 Å². The van der Waals surface area contributed by atoms with Crippen LogP contribution in [-0.4, -0.2) is 23.5 Å². The molecule has 1 aliphatic rings. The molecule has 0 bridgehead atoms. The molecule has 20 heavy (non-hydrogen) atoms.